The molecule has 0 heterocycles. The number of methoxy groups -OCH3 is 1. The molecular weight excluding hydrogens is 178 g/mol. The minimum absolute atomic E-state index is 0.280. The Bertz CT molecular complexity index is 287. The average Bonchev–Trinajstić information content (AvgIpc) is 2.18. The number of hydrogen-bond donors (Lipinski definition) is 1. The fourth-order valence-corrected chi connectivity index (χ4v) is 1.39. The second-order valence-electron chi connectivity index (χ2n) is 3.15. The molecule has 0 aliphatic carbocycles. The van der Waals surface area contributed by atoms with Gasteiger partial charge in [-0.05, 0) is 31.0 Å². The van der Waals surface area contributed by atoms with Crippen molar-refractivity contribution >= 4 is 0 Å². The quantitative estimate of drug-likeness (QED) is 0.724. The second kappa shape index (κ2) is 5.62. The third kappa shape index (κ3) is 2.72. The number of hydrogen-bond acceptors (Lipinski definition) is 3. The van der Waals surface area contributed by atoms with Gasteiger partial charge in [-0.2, -0.15) is 0 Å². The van der Waals surface area contributed by atoms with E-state index in [4.69, 9.17) is 15.2 Å². The minimum Gasteiger partial charge on any atom is -0.467 e. The molecule has 0 aromatic heterocycles. The highest BCUT2D eigenvalue weighted by atomic mass is 16.7. The predicted octanol–water partition coefficient (Wildman–Crippen LogP) is 1.48. The lowest BCUT2D eigenvalue weighted by atomic mass is 10.1. The Morgan fingerprint density at radius 1 is 1.36 bits per heavy atom. The Kier molecular flexibility index (Phi) is 4.43. The maximum Gasteiger partial charge on any atom is 0.188 e. The Hall–Kier alpha value is -1.06. The highest BCUT2D eigenvalue weighted by Crippen LogP contribution is 2.23. The first-order valence-electron chi connectivity index (χ1n) is 4.70. The summed E-state index contributed by atoms with van der Waals surface area (Å²) in [5, 5.41) is 0. The van der Waals surface area contributed by atoms with Gasteiger partial charge in [0.25, 0.3) is 0 Å². The molecule has 0 amide bonds. The fraction of sp³-hybridized carbons (Fsp3) is 0.455. The van der Waals surface area contributed by atoms with Crippen molar-refractivity contribution in [1.29, 1.82) is 0 Å². The maximum atomic E-state index is 5.52. The smallest absolute Gasteiger partial charge is 0.188 e. The van der Waals surface area contributed by atoms with Crippen LogP contribution in [0.3, 0.4) is 0 Å². The molecule has 0 saturated carbocycles. The lowest BCUT2D eigenvalue weighted by Crippen LogP contribution is -2.07. The van der Waals surface area contributed by atoms with Gasteiger partial charge in [-0.3, -0.25) is 0 Å². The fourth-order valence-electron chi connectivity index (χ4n) is 1.39. The zero-order valence-corrected chi connectivity index (χ0v) is 8.75. The van der Waals surface area contributed by atoms with Gasteiger partial charge in [-0.15, -0.1) is 0 Å². The molecule has 3 heteroatoms. The number of benzene rings is 1. The van der Waals surface area contributed by atoms with E-state index < -0.39 is 0 Å². The summed E-state index contributed by atoms with van der Waals surface area (Å²) in [5.41, 5.74) is 7.78. The predicted molar refractivity (Wildman–Crippen MR) is 56.4 cm³/mol. The van der Waals surface area contributed by atoms with Gasteiger partial charge < -0.3 is 15.2 Å². The number of ether oxygens (including phenoxy) is 2. The summed E-state index contributed by atoms with van der Waals surface area (Å²) in [4.78, 5) is 0. The molecule has 1 aromatic carbocycles. The molecule has 0 aliphatic heterocycles. The molecule has 14 heavy (non-hydrogen) atoms. The number of para-hydroxylation sites is 1. The molecule has 3 nitrogen and oxygen atoms in total. The Morgan fingerprint density at radius 2 is 2.14 bits per heavy atom. The molecule has 0 aliphatic rings. The van der Waals surface area contributed by atoms with Gasteiger partial charge in [0.15, 0.2) is 6.79 Å². The number of aryl methyl sites for hydroxylation is 1. The number of nitrogens with two attached hydrogens (primary N) is 1. The van der Waals surface area contributed by atoms with Crippen molar-refractivity contribution in [1.82, 2.24) is 0 Å². The maximum absolute atomic E-state index is 5.52. The van der Waals surface area contributed by atoms with Gasteiger partial charge in [0.2, 0.25) is 0 Å². The first kappa shape index (κ1) is 11.0. The van der Waals surface area contributed by atoms with Crippen LogP contribution in [0, 0.1) is 6.92 Å². The van der Waals surface area contributed by atoms with Crippen LogP contribution in [0.15, 0.2) is 18.2 Å². The van der Waals surface area contributed by atoms with Crippen molar-refractivity contribution in [3.63, 3.8) is 0 Å². The molecule has 78 valence electrons. The van der Waals surface area contributed by atoms with Crippen LogP contribution in [0.2, 0.25) is 0 Å². The molecular formula is C11H17NO2. The molecule has 1 rings (SSSR count). The molecule has 2 N–H and O–H groups in total. The van der Waals surface area contributed by atoms with E-state index in [9.17, 15) is 0 Å². The van der Waals surface area contributed by atoms with Crippen LogP contribution in [0.25, 0.3) is 0 Å². The van der Waals surface area contributed by atoms with Crippen molar-refractivity contribution in [3.05, 3.63) is 29.3 Å². The third-order valence-electron chi connectivity index (χ3n) is 2.03. The third-order valence-corrected chi connectivity index (χ3v) is 2.03. The highest BCUT2D eigenvalue weighted by Gasteiger charge is 2.05. The zero-order valence-electron chi connectivity index (χ0n) is 8.75. The SMILES string of the molecule is COCOc1c(C)cccc1CCN. The summed E-state index contributed by atoms with van der Waals surface area (Å²) in [6.07, 6.45) is 0.834. The van der Waals surface area contributed by atoms with Crippen LogP contribution in [0.4, 0.5) is 0 Å². The van der Waals surface area contributed by atoms with E-state index in [0.29, 0.717) is 6.54 Å². The van der Waals surface area contributed by atoms with Crippen molar-refractivity contribution < 1.29 is 9.47 Å². The van der Waals surface area contributed by atoms with Crippen molar-refractivity contribution in [2.75, 3.05) is 20.4 Å². The molecule has 0 atom stereocenters. The average molecular weight is 195 g/mol. The Labute approximate surface area is 84.8 Å². The van der Waals surface area contributed by atoms with Crippen LogP contribution in [-0.2, 0) is 11.2 Å². The molecule has 0 fully saturated rings. The molecule has 1 aromatic rings. The van der Waals surface area contributed by atoms with Gasteiger partial charge in [0.05, 0.1) is 0 Å². The topological polar surface area (TPSA) is 44.5 Å². The van der Waals surface area contributed by atoms with Gasteiger partial charge in [0, 0.05) is 7.11 Å². The summed E-state index contributed by atoms with van der Waals surface area (Å²) < 4.78 is 10.4. The van der Waals surface area contributed by atoms with Crippen LogP contribution in [0.5, 0.6) is 5.75 Å². The summed E-state index contributed by atoms with van der Waals surface area (Å²) in [5.74, 6) is 0.903. The Morgan fingerprint density at radius 3 is 2.79 bits per heavy atom. The van der Waals surface area contributed by atoms with E-state index in [2.05, 4.69) is 0 Å². The van der Waals surface area contributed by atoms with Gasteiger partial charge in [0.1, 0.15) is 5.75 Å². The van der Waals surface area contributed by atoms with E-state index in [1.807, 2.05) is 25.1 Å². The first-order valence-corrected chi connectivity index (χ1v) is 4.70. The summed E-state index contributed by atoms with van der Waals surface area (Å²) in [6, 6.07) is 6.07. The van der Waals surface area contributed by atoms with Crippen LogP contribution < -0.4 is 10.5 Å². The second-order valence-corrected chi connectivity index (χ2v) is 3.15. The molecule has 0 saturated heterocycles. The lowest BCUT2D eigenvalue weighted by molar-refractivity contribution is 0.0499. The van der Waals surface area contributed by atoms with E-state index in [0.717, 1.165) is 23.3 Å². The van der Waals surface area contributed by atoms with Crippen molar-refractivity contribution in [2.24, 2.45) is 5.73 Å². The monoisotopic (exact) mass is 195 g/mol. The summed E-state index contributed by atoms with van der Waals surface area (Å²) in [7, 11) is 1.61. The normalized spacial score (nSPS) is 10.2. The lowest BCUT2D eigenvalue weighted by Gasteiger charge is -2.12. The minimum atomic E-state index is 0.280. The van der Waals surface area contributed by atoms with Crippen LogP contribution in [0.1, 0.15) is 11.1 Å². The Balaban J connectivity index is 2.84. The summed E-state index contributed by atoms with van der Waals surface area (Å²) >= 11 is 0. The van der Waals surface area contributed by atoms with Crippen LogP contribution in [-0.4, -0.2) is 20.4 Å². The highest BCUT2D eigenvalue weighted by molar-refractivity contribution is 5.40. The number of rotatable bonds is 5. The van der Waals surface area contributed by atoms with E-state index in [-0.39, 0.29) is 6.79 Å². The summed E-state index contributed by atoms with van der Waals surface area (Å²) in [6.45, 7) is 2.93. The van der Waals surface area contributed by atoms with E-state index in [1.54, 1.807) is 7.11 Å². The molecule has 0 spiro atoms. The standard InChI is InChI=1S/C11H17NO2/c1-9-4-3-5-10(6-7-12)11(9)14-8-13-2/h3-5H,6-8,12H2,1-2H3. The zero-order chi connectivity index (χ0) is 10.4. The van der Waals surface area contributed by atoms with Crippen molar-refractivity contribution in [3.8, 4) is 5.75 Å². The van der Waals surface area contributed by atoms with Gasteiger partial charge >= 0.3 is 0 Å². The first-order chi connectivity index (χ1) is 6.79. The largest absolute Gasteiger partial charge is 0.467 e. The molecule has 0 radical (unpaired) electrons. The van der Waals surface area contributed by atoms with E-state index in [1.165, 1.54) is 0 Å². The molecule has 0 bridgehead atoms. The van der Waals surface area contributed by atoms with Crippen LogP contribution >= 0.6 is 0 Å². The van der Waals surface area contributed by atoms with E-state index >= 15 is 0 Å². The molecule has 0 unspecified atom stereocenters. The van der Waals surface area contributed by atoms with Gasteiger partial charge in [-0.1, -0.05) is 18.2 Å². The van der Waals surface area contributed by atoms with Gasteiger partial charge in [-0.25, -0.2) is 0 Å². The van der Waals surface area contributed by atoms with Crippen molar-refractivity contribution in [2.45, 2.75) is 13.3 Å².